The standard InChI is InChI=1S/C20H22ClN5O/c1-13-10-15(7-8-18(13)27-4)24-12-23-11-17(22-3)19-14(2)25-20-16(21)6-5-9-26(19)20/h5-11,23-24H,3,12H2,1-2,4H3/b17-11-. The average Bonchev–Trinajstić information content (AvgIpc) is 3.00. The zero-order valence-electron chi connectivity index (χ0n) is 15.6. The maximum Gasteiger partial charge on any atom is 0.156 e. The van der Waals surface area contributed by atoms with E-state index in [1.807, 2.05) is 61.0 Å². The molecule has 2 aromatic heterocycles. The van der Waals surface area contributed by atoms with Crippen molar-refractivity contribution in [3.63, 3.8) is 0 Å². The molecule has 0 aliphatic carbocycles. The number of ether oxygens (including phenoxy) is 1. The van der Waals surface area contributed by atoms with Gasteiger partial charge in [0, 0.05) is 18.1 Å². The van der Waals surface area contributed by atoms with Gasteiger partial charge >= 0.3 is 0 Å². The van der Waals surface area contributed by atoms with E-state index < -0.39 is 0 Å². The highest BCUT2D eigenvalue weighted by atomic mass is 35.5. The van der Waals surface area contributed by atoms with Crippen molar-refractivity contribution < 1.29 is 4.74 Å². The summed E-state index contributed by atoms with van der Waals surface area (Å²) in [7, 11) is 1.67. The van der Waals surface area contributed by atoms with Crippen molar-refractivity contribution in [1.29, 1.82) is 0 Å². The van der Waals surface area contributed by atoms with Gasteiger partial charge in [0.05, 0.1) is 30.2 Å². The van der Waals surface area contributed by atoms with Crippen LogP contribution in [0.3, 0.4) is 0 Å². The molecule has 7 heteroatoms. The van der Waals surface area contributed by atoms with Crippen LogP contribution in [-0.4, -0.2) is 29.9 Å². The molecule has 2 N–H and O–H groups in total. The number of benzene rings is 1. The molecule has 3 rings (SSSR count). The molecule has 0 spiro atoms. The summed E-state index contributed by atoms with van der Waals surface area (Å²) in [5.74, 6) is 0.869. The average molecular weight is 384 g/mol. The SMILES string of the molecule is C=N/C(=C\NCNc1ccc(OC)c(C)c1)c1c(C)nc2c(Cl)cccn12. The molecule has 6 nitrogen and oxygen atoms in total. The van der Waals surface area contributed by atoms with Crippen LogP contribution >= 0.6 is 11.6 Å². The Morgan fingerprint density at radius 2 is 2.19 bits per heavy atom. The van der Waals surface area contributed by atoms with E-state index in [0.29, 0.717) is 23.0 Å². The van der Waals surface area contributed by atoms with Crippen molar-refractivity contribution in [2.75, 3.05) is 19.1 Å². The van der Waals surface area contributed by atoms with Crippen molar-refractivity contribution in [3.05, 3.63) is 64.7 Å². The monoisotopic (exact) mass is 383 g/mol. The number of imidazole rings is 1. The van der Waals surface area contributed by atoms with Gasteiger partial charge in [-0.1, -0.05) is 11.6 Å². The summed E-state index contributed by atoms with van der Waals surface area (Å²) in [5.41, 5.74) is 5.16. The number of aryl methyl sites for hydroxylation is 2. The van der Waals surface area contributed by atoms with Crippen molar-refractivity contribution in [1.82, 2.24) is 14.7 Å². The fraction of sp³-hybridized carbons (Fsp3) is 0.200. The summed E-state index contributed by atoms with van der Waals surface area (Å²) >= 11 is 6.24. The fourth-order valence-corrected chi connectivity index (χ4v) is 3.14. The first-order valence-corrected chi connectivity index (χ1v) is 8.85. The molecule has 0 unspecified atom stereocenters. The molecule has 0 bridgehead atoms. The second-order valence-electron chi connectivity index (χ2n) is 6.03. The van der Waals surface area contributed by atoms with Gasteiger partial charge in [-0.3, -0.25) is 9.39 Å². The van der Waals surface area contributed by atoms with E-state index in [4.69, 9.17) is 16.3 Å². The van der Waals surface area contributed by atoms with E-state index in [0.717, 1.165) is 28.4 Å². The van der Waals surface area contributed by atoms with E-state index in [-0.39, 0.29) is 0 Å². The number of aliphatic imine (C=N–C) groups is 1. The van der Waals surface area contributed by atoms with Gasteiger partial charge in [-0.25, -0.2) is 4.98 Å². The lowest BCUT2D eigenvalue weighted by Crippen LogP contribution is -2.17. The van der Waals surface area contributed by atoms with Gasteiger partial charge in [-0.15, -0.1) is 0 Å². The third kappa shape index (κ3) is 3.90. The Bertz CT molecular complexity index is 1010. The van der Waals surface area contributed by atoms with Crippen LogP contribution in [0.15, 0.2) is 47.7 Å². The van der Waals surface area contributed by atoms with Crippen molar-refractivity contribution >= 4 is 35.4 Å². The second-order valence-corrected chi connectivity index (χ2v) is 6.43. The van der Waals surface area contributed by atoms with Crippen LogP contribution in [0.1, 0.15) is 17.0 Å². The quantitative estimate of drug-likeness (QED) is 0.363. The lowest BCUT2D eigenvalue weighted by atomic mass is 10.2. The van der Waals surface area contributed by atoms with Gasteiger partial charge in [0.25, 0.3) is 0 Å². The maximum atomic E-state index is 6.24. The lowest BCUT2D eigenvalue weighted by Gasteiger charge is -2.10. The number of hydrogen-bond donors (Lipinski definition) is 2. The molecule has 0 aliphatic heterocycles. The molecular weight excluding hydrogens is 362 g/mol. The highest BCUT2D eigenvalue weighted by Gasteiger charge is 2.14. The number of pyridine rings is 1. The van der Waals surface area contributed by atoms with E-state index in [1.165, 1.54) is 0 Å². The number of halogens is 1. The minimum absolute atomic E-state index is 0.529. The molecule has 0 radical (unpaired) electrons. The number of hydrogen-bond acceptors (Lipinski definition) is 5. The normalized spacial score (nSPS) is 11.5. The second kappa shape index (κ2) is 8.14. The lowest BCUT2D eigenvalue weighted by molar-refractivity contribution is 0.412. The van der Waals surface area contributed by atoms with E-state index in [9.17, 15) is 0 Å². The Balaban J connectivity index is 1.74. The molecule has 140 valence electrons. The molecule has 0 saturated carbocycles. The van der Waals surface area contributed by atoms with E-state index >= 15 is 0 Å². The number of nitrogens with one attached hydrogen (secondary N) is 2. The Kier molecular flexibility index (Phi) is 5.66. The molecule has 0 amide bonds. The molecular formula is C20H22ClN5O. The first-order valence-electron chi connectivity index (χ1n) is 8.47. The summed E-state index contributed by atoms with van der Waals surface area (Å²) in [6.45, 7) is 8.15. The summed E-state index contributed by atoms with van der Waals surface area (Å²) in [4.78, 5) is 8.68. The summed E-state index contributed by atoms with van der Waals surface area (Å²) in [5, 5.41) is 7.12. The van der Waals surface area contributed by atoms with Crippen molar-refractivity contribution in [3.8, 4) is 5.75 Å². The largest absolute Gasteiger partial charge is 0.496 e. The number of rotatable bonds is 7. The molecule has 0 aliphatic rings. The molecule has 2 heterocycles. The van der Waals surface area contributed by atoms with Crippen LogP contribution in [0.25, 0.3) is 11.3 Å². The third-order valence-electron chi connectivity index (χ3n) is 4.22. The van der Waals surface area contributed by atoms with Crippen LogP contribution in [0.5, 0.6) is 5.75 Å². The molecule has 0 fully saturated rings. The highest BCUT2D eigenvalue weighted by Crippen LogP contribution is 2.25. The van der Waals surface area contributed by atoms with Crippen molar-refractivity contribution in [2.24, 2.45) is 4.99 Å². The van der Waals surface area contributed by atoms with Gasteiger partial charge in [0.2, 0.25) is 0 Å². The number of fused-ring (bicyclic) bond motifs is 1. The van der Waals surface area contributed by atoms with Crippen LogP contribution in [0.2, 0.25) is 5.02 Å². The maximum absolute atomic E-state index is 6.24. The van der Waals surface area contributed by atoms with Gasteiger partial charge < -0.3 is 15.4 Å². The van der Waals surface area contributed by atoms with Crippen LogP contribution in [0.4, 0.5) is 5.69 Å². The molecule has 3 aromatic rings. The Morgan fingerprint density at radius 1 is 1.37 bits per heavy atom. The summed E-state index contributed by atoms with van der Waals surface area (Å²) in [6, 6.07) is 9.64. The van der Waals surface area contributed by atoms with Gasteiger partial charge in [0.15, 0.2) is 5.65 Å². The smallest absolute Gasteiger partial charge is 0.156 e. The number of methoxy groups -OCH3 is 1. The first kappa shape index (κ1) is 18.8. The van der Waals surface area contributed by atoms with Crippen LogP contribution in [-0.2, 0) is 0 Å². The molecule has 0 saturated heterocycles. The van der Waals surface area contributed by atoms with Crippen LogP contribution in [0, 0.1) is 13.8 Å². The summed E-state index contributed by atoms with van der Waals surface area (Å²) < 4.78 is 7.19. The topological polar surface area (TPSA) is 63.0 Å². The van der Waals surface area contributed by atoms with Crippen LogP contribution < -0.4 is 15.4 Å². The Morgan fingerprint density at radius 3 is 2.89 bits per heavy atom. The minimum atomic E-state index is 0.529. The Labute approximate surface area is 163 Å². The predicted octanol–water partition coefficient (Wildman–Crippen LogP) is 4.27. The zero-order valence-corrected chi connectivity index (χ0v) is 16.3. The van der Waals surface area contributed by atoms with Gasteiger partial charge in [0.1, 0.15) is 11.4 Å². The molecule has 27 heavy (non-hydrogen) atoms. The van der Waals surface area contributed by atoms with Gasteiger partial charge in [-0.2, -0.15) is 0 Å². The minimum Gasteiger partial charge on any atom is -0.496 e. The molecule has 0 atom stereocenters. The first-order chi connectivity index (χ1) is 13.0. The third-order valence-corrected chi connectivity index (χ3v) is 4.51. The van der Waals surface area contributed by atoms with Crippen molar-refractivity contribution in [2.45, 2.75) is 13.8 Å². The molecule has 1 aromatic carbocycles. The number of anilines is 1. The highest BCUT2D eigenvalue weighted by molar-refractivity contribution is 6.33. The Hall–Kier alpha value is -2.99. The van der Waals surface area contributed by atoms with E-state index in [2.05, 4.69) is 27.3 Å². The number of aromatic nitrogens is 2. The zero-order chi connectivity index (χ0) is 19.4. The summed E-state index contributed by atoms with van der Waals surface area (Å²) in [6.07, 6.45) is 3.72. The fourth-order valence-electron chi connectivity index (χ4n) is 2.93. The van der Waals surface area contributed by atoms with Gasteiger partial charge in [-0.05, 0) is 56.5 Å². The number of nitrogens with zero attached hydrogens (tertiary/aromatic N) is 3. The van der Waals surface area contributed by atoms with E-state index in [1.54, 1.807) is 7.11 Å². The predicted molar refractivity (Wildman–Crippen MR) is 112 cm³/mol.